The fourth-order valence-electron chi connectivity index (χ4n) is 9.08. The summed E-state index contributed by atoms with van der Waals surface area (Å²) in [5, 5.41) is 3.69. The molecule has 1 saturated carbocycles. The molecule has 0 unspecified atom stereocenters. The van der Waals surface area contributed by atoms with Crippen LogP contribution in [0.3, 0.4) is 0 Å². The molecule has 0 spiro atoms. The van der Waals surface area contributed by atoms with Gasteiger partial charge in [-0.25, -0.2) is 0 Å². The number of hydrogen-bond acceptors (Lipinski definition) is 3. The predicted octanol–water partition coefficient (Wildman–Crippen LogP) is 17.6. The van der Waals surface area contributed by atoms with Crippen LogP contribution in [0.25, 0.3) is 88.6 Å². The minimum Gasteiger partial charge on any atom is -0.500 e. The average Bonchev–Trinajstić information content (AvgIpc) is 3.56. The fourth-order valence-corrected chi connectivity index (χ4v) is 9.08. The second-order valence-electron chi connectivity index (χ2n) is 18.2. The molecular weight excluding hydrogens is 1000 g/mol. The van der Waals surface area contributed by atoms with Gasteiger partial charge in [-0.2, -0.15) is 0 Å². The second kappa shape index (κ2) is 19.6. The van der Waals surface area contributed by atoms with Gasteiger partial charge in [0.2, 0.25) is 0 Å². The van der Waals surface area contributed by atoms with Crippen molar-refractivity contribution in [3.63, 3.8) is 0 Å². The van der Waals surface area contributed by atoms with Crippen molar-refractivity contribution < 1.29 is 45.1 Å². The molecule has 0 atom stereocenters. The van der Waals surface area contributed by atoms with Gasteiger partial charge in [-0.05, 0) is 123 Å². The van der Waals surface area contributed by atoms with E-state index in [-0.39, 0.29) is 53.5 Å². The molecule has 0 amide bonds. The average molecular weight is 1080 g/mol. The maximum Gasteiger partial charge on any atom is 0.128 e. The van der Waals surface area contributed by atoms with Crippen molar-refractivity contribution in [1.82, 2.24) is 9.97 Å². The van der Waals surface area contributed by atoms with E-state index in [0.717, 1.165) is 39.9 Å². The molecule has 3 aromatic heterocycles. The Morgan fingerprint density at radius 3 is 2.15 bits per heavy atom. The molecule has 7 aromatic carbocycles. The molecule has 341 valence electrons. The normalized spacial score (nSPS) is 17.5. The topological polar surface area (TPSA) is 38.9 Å². The van der Waals surface area contributed by atoms with E-state index in [1.54, 1.807) is 66.9 Å². The summed E-state index contributed by atoms with van der Waals surface area (Å²) in [6.45, 7) is -4.57. The van der Waals surface area contributed by atoms with Gasteiger partial charge < -0.3 is 14.4 Å². The van der Waals surface area contributed by atoms with Crippen molar-refractivity contribution in [2.24, 2.45) is 5.41 Å². The third kappa shape index (κ3) is 9.64. The zero-order chi connectivity index (χ0) is 59.0. The Labute approximate surface area is 437 Å². The molecule has 0 N–H and O–H groups in total. The van der Waals surface area contributed by atoms with Crippen LogP contribution in [0.1, 0.15) is 106 Å². The number of benzene rings is 7. The summed E-state index contributed by atoms with van der Waals surface area (Å²) < 4.78 is 132. The van der Waals surface area contributed by atoms with E-state index in [2.05, 4.69) is 22.1 Å². The summed E-state index contributed by atoms with van der Waals surface area (Å²) >= 11 is 0. The Kier molecular flexibility index (Phi) is 9.12. The summed E-state index contributed by atoms with van der Waals surface area (Å²) in [5.74, 6) is -0.866. The first-order valence-corrected chi connectivity index (χ1v) is 22.6. The number of hydrogen-bond donors (Lipinski definition) is 0. The van der Waals surface area contributed by atoms with E-state index >= 15 is 0 Å². The van der Waals surface area contributed by atoms with E-state index in [0.29, 0.717) is 74.3 Å². The van der Waals surface area contributed by atoms with Crippen LogP contribution in [0.2, 0.25) is 0 Å². The van der Waals surface area contributed by atoms with Gasteiger partial charge in [0.05, 0.1) is 5.58 Å². The minimum atomic E-state index is -2.71. The van der Waals surface area contributed by atoms with E-state index in [1.165, 1.54) is 18.3 Å². The second-order valence-corrected chi connectivity index (χ2v) is 18.2. The number of fused-ring (bicyclic) bond motifs is 5. The maximum atomic E-state index is 8.97. The van der Waals surface area contributed by atoms with E-state index < -0.39 is 45.1 Å². The predicted molar refractivity (Wildman–Crippen MR) is 281 cm³/mol. The first kappa shape index (κ1) is 31.6. The standard InChI is InChI=1S/C41H34NO.C23H24N.Ir/c1-25-21-30(28-9-4-5-10-28)16-18-32(25)31-17-19-33(26(2)22-31)38-23-39(42-24-27(38)3)37-14-8-13-35-36-20-15-29-11-6-7-12-34(29)40(36)43-41(35)37;1-17-10-12-20(14-21(17)19-8-6-5-7-9-19)22-13-11-18(16-24-22)15-23(2,3)4;/h6-8,11-13,15-24,28H,4-5,9-10H2,1-3H3;5-11,13-14,16H,15H2,1-4H3;/q2*-1;/i1D3,2D3,3D3,28D;1D3,15D2;. The van der Waals surface area contributed by atoms with Crippen LogP contribution in [0.5, 0.6) is 0 Å². The molecule has 1 aliphatic carbocycles. The van der Waals surface area contributed by atoms with Crippen LogP contribution in [-0.4, -0.2) is 9.97 Å². The van der Waals surface area contributed by atoms with Gasteiger partial charge in [0, 0.05) is 63.8 Å². The monoisotopic (exact) mass is 1080 g/mol. The zero-order valence-corrected chi connectivity index (χ0v) is 40.4. The molecule has 68 heavy (non-hydrogen) atoms. The van der Waals surface area contributed by atoms with Gasteiger partial charge in [0.1, 0.15) is 5.58 Å². The molecule has 0 bridgehead atoms. The largest absolute Gasteiger partial charge is 0.500 e. The van der Waals surface area contributed by atoms with E-state index in [9.17, 15) is 0 Å². The van der Waals surface area contributed by atoms with Crippen molar-refractivity contribution in [2.75, 3.05) is 0 Å². The number of nitrogens with zero attached hydrogens (tertiary/aromatic N) is 2. The summed E-state index contributed by atoms with van der Waals surface area (Å²) in [5.41, 5.74) is 6.37. The van der Waals surface area contributed by atoms with Crippen LogP contribution in [0.15, 0.2) is 162 Å². The quantitative estimate of drug-likeness (QED) is 0.149. The van der Waals surface area contributed by atoms with Gasteiger partial charge in [-0.3, -0.25) is 0 Å². The third-order valence-corrected chi connectivity index (χ3v) is 12.3. The molecule has 1 aliphatic rings. The Hall–Kier alpha value is -6.45. The Morgan fingerprint density at radius 2 is 1.37 bits per heavy atom. The van der Waals surface area contributed by atoms with Gasteiger partial charge >= 0.3 is 0 Å². The molecule has 0 aliphatic heterocycles. The minimum absolute atomic E-state index is 0. The molecule has 3 nitrogen and oxygen atoms in total. The number of pyridine rings is 2. The molecule has 10 aromatic rings. The van der Waals surface area contributed by atoms with Crippen molar-refractivity contribution in [3.05, 3.63) is 203 Å². The molecule has 11 rings (SSSR count). The Morgan fingerprint density at radius 1 is 0.618 bits per heavy atom. The molecular formula is C64H58IrN2O-2. The summed E-state index contributed by atoms with van der Waals surface area (Å²) in [7, 11) is 0. The zero-order valence-electron chi connectivity index (χ0n) is 53.0. The van der Waals surface area contributed by atoms with Crippen LogP contribution >= 0.6 is 0 Å². The van der Waals surface area contributed by atoms with E-state index in [4.69, 9.17) is 25.0 Å². The molecule has 3 heterocycles. The van der Waals surface area contributed by atoms with Gasteiger partial charge in [0.15, 0.2) is 0 Å². The Bertz CT molecular complexity index is 4020. The first-order valence-electron chi connectivity index (χ1n) is 30.1. The van der Waals surface area contributed by atoms with Crippen LogP contribution in [0.4, 0.5) is 0 Å². The number of aromatic nitrogens is 2. The smallest absolute Gasteiger partial charge is 0.128 e. The summed E-state index contributed by atoms with van der Waals surface area (Å²) in [6.07, 6.45) is 4.36. The van der Waals surface area contributed by atoms with Gasteiger partial charge in [-0.15, -0.1) is 47.5 Å². The van der Waals surface area contributed by atoms with Crippen LogP contribution < -0.4 is 0 Å². The van der Waals surface area contributed by atoms with Crippen molar-refractivity contribution in [1.29, 1.82) is 0 Å². The van der Waals surface area contributed by atoms with Crippen LogP contribution in [-0.2, 0) is 26.5 Å². The number of aryl methyl sites for hydroxylation is 4. The van der Waals surface area contributed by atoms with Gasteiger partial charge in [0.25, 0.3) is 0 Å². The van der Waals surface area contributed by atoms with Crippen molar-refractivity contribution >= 4 is 32.7 Å². The SMILES string of the molecule is [2H]C([2H])([2H])c1c[c-]c(-c2ccc(C([2H])([2H])C(C)(C)C)cn2)cc1-c1ccccc1.[2H]C([2H])([2H])c1cc(C2([2H])CCCC2)ccc1-c1ccc(-c2cc(-c3[c-]ccc4c3oc3c5ccccc5ccc43)ncc2C([2H])([2H])[2H])c(C([2H])([2H])[2H])c1.[Ir]. The molecule has 4 heteroatoms. The van der Waals surface area contributed by atoms with Crippen LogP contribution in [0, 0.1) is 45.0 Å². The molecule has 0 saturated heterocycles. The number of rotatable bonds is 7. The van der Waals surface area contributed by atoms with E-state index in [1.807, 2.05) is 93.6 Å². The number of furan rings is 1. The molecule has 1 radical (unpaired) electrons. The van der Waals surface area contributed by atoms with Crippen molar-refractivity contribution in [3.8, 4) is 55.9 Å². The third-order valence-electron chi connectivity index (χ3n) is 12.3. The first-order chi connectivity index (χ1) is 38.4. The van der Waals surface area contributed by atoms with Gasteiger partial charge in [-0.1, -0.05) is 178 Å². The maximum absolute atomic E-state index is 8.97. The van der Waals surface area contributed by atoms with Crippen molar-refractivity contribution in [2.45, 2.75) is 86.1 Å². The summed E-state index contributed by atoms with van der Waals surface area (Å²) in [4.78, 5) is 9.00. The molecule has 1 fully saturated rings. The summed E-state index contributed by atoms with van der Waals surface area (Å²) in [6, 6.07) is 49.2. The fraction of sp³-hybridized carbons (Fsp3) is 0.219. The Balaban J connectivity index is 0.000000234.